The van der Waals surface area contributed by atoms with Crippen molar-refractivity contribution < 1.29 is 9.90 Å². The molecule has 2 aromatic heterocycles. The fourth-order valence-electron chi connectivity index (χ4n) is 2.98. The van der Waals surface area contributed by atoms with Crippen LogP contribution in [-0.4, -0.2) is 27.1 Å². The Morgan fingerprint density at radius 3 is 2.84 bits per heavy atom. The van der Waals surface area contributed by atoms with Crippen molar-refractivity contribution >= 4 is 38.4 Å². The molecule has 0 aliphatic heterocycles. The van der Waals surface area contributed by atoms with E-state index in [9.17, 15) is 9.90 Å². The van der Waals surface area contributed by atoms with Crippen molar-refractivity contribution in [2.75, 3.05) is 6.54 Å². The van der Waals surface area contributed by atoms with E-state index < -0.39 is 6.10 Å². The van der Waals surface area contributed by atoms with Gasteiger partial charge in [-0.3, -0.25) is 4.79 Å². The number of hydrogen-bond acceptors (Lipinski definition) is 4. The van der Waals surface area contributed by atoms with Crippen molar-refractivity contribution in [3.63, 3.8) is 0 Å². The van der Waals surface area contributed by atoms with Crippen LogP contribution in [0.2, 0.25) is 0 Å². The van der Waals surface area contributed by atoms with Crippen molar-refractivity contribution in [3.05, 3.63) is 65.3 Å². The number of amides is 1. The van der Waals surface area contributed by atoms with Gasteiger partial charge in [0, 0.05) is 36.3 Å². The normalized spacial score (nSPS) is 12.6. The number of hydrogen-bond donors (Lipinski definition) is 2. The third-order valence-corrected chi connectivity index (χ3v) is 5.27. The van der Waals surface area contributed by atoms with E-state index in [1.165, 1.54) is 11.3 Å². The van der Waals surface area contributed by atoms with Gasteiger partial charge in [0.15, 0.2) is 5.01 Å². The molecule has 0 radical (unpaired) electrons. The third kappa shape index (κ3) is 2.90. The molecule has 0 spiro atoms. The Bertz CT molecular complexity index is 1030. The van der Waals surface area contributed by atoms with Crippen LogP contribution in [0, 0.1) is 0 Å². The lowest BCUT2D eigenvalue weighted by Gasteiger charge is -2.10. The Morgan fingerprint density at radius 2 is 2.00 bits per heavy atom. The molecular formula is C19H17N3O2S. The maximum atomic E-state index is 12.3. The Morgan fingerprint density at radius 1 is 1.24 bits per heavy atom. The highest BCUT2D eigenvalue weighted by Gasteiger charge is 2.17. The van der Waals surface area contributed by atoms with Gasteiger partial charge in [-0.15, -0.1) is 11.3 Å². The van der Waals surface area contributed by atoms with E-state index >= 15 is 0 Å². The summed E-state index contributed by atoms with van der Waals surface area (Å²) in [6, 6.07) is 15.5. The number of benzene rings is 2. The van der Waals surface area contributed by atoms with E-state index in [1.54, 1.807) is 0 Å². The zero-order chi connectivity index (χ0) is 17.4. The summed E-state index contributed by atoms with van der Waals surface area (Å²) in [7, 11) is 1.94. The molecule has 0 saturated heterocycles. The molecule has 2 N–H and O–H groups in total. The number of para-hydroxylation sites is 2. The van der Waals surface area contributed by atoms with Gasteiger partial charge in [0.1, 0.15) is 0 Å². The van der Waals surface area contributed by atoms with Crippen LogP contribution in [-0.2, 0) is 7.05 Å². The second kappa shape index (κ2) is 6.31. The number of nitrogens with one attached hydrogen (secondary N) is 1. The number of fused-ring (bicyclic) bond motifs is 2. The van der Waals surface area contributed by atoms with Crippen molar-refractivity contribution in [1.82, 2.24) is 14.9 Å². The second-order valence-corrected chi connectivity index (χ2v) is 6.96. The Labute approximate surface area is 148 Å². The average molecular weight is 351 g/mol. The smallest absolute Gasteiger partial charge is 0.280 e. The minimum absolute atomic E-state index is 0.142. The first-order valence-corrected chi connectivity index (χ1v) is 8.81. The minimum Gasteiger partial charge on any atom is -0.386 e. The van der Waals surface area contributed by atoms with Gasteiger partial charge in [-0.25, -0.2) is 4.98 Å². The summed E-state index contributed by atoms with van der Waals surface area (Å²) in [5.41, 5.74) is 2.67. The molecule has 25 heavy (non-hydrogen) atoms. The standard InChI is InChI=1S/C19H17N3O2S/c1-22-11-13(12-6-2-4-8-15(12)22)16(23)10-20-18(24)19-21-14-7-3-5-9-17(14)25-19/h2-9,11,16,23H,10H2,1H3,(H,20,24)/t16-/m1/s1. The van der Waals surface area contributed by atoms with E-state index in [1.807, 2.05) is 66.3 Å². The van der Waals surface area contributed by atoms with Crippen molar-refractivity contribution in [3.8, 4) is 0 Å². The van der Waals surface area contributed by atoms with Gasteiger partial charge in [-0.05, 0) is 18.2 Å². The lowest BCUT2D eigenvalue weighted by Crippen LogP contribution is -2.28. The number of rotatable bonds is 4. The van der Waals surface area contributed by atoms with Gasteiger partial charge in [0.05, 0.1) is 16.3 Å². The average Bonchev–Trinajstić information content (AvgIpc) is 3.21. The molecule has 0 bridgehead atoms. The first-order valence-electron chi connectivity index (χ1n) is 7.99. The van der Waals surface area contributed by atoms with E-state index in [0.29, 0.717) is 5.01 Å². The van der Waals surface area contributed by atoms with E-state index in [4.69, 9.17) is 0 Å². The molecule has 2 heterocycles. The molecule has 126 valence electrons. The molecule has 4 aromatic rings. The molecule has 0 unspecified atom stereocenters. The van der Waals surface area contributed by atoms with Crippen LogP contribution >= 0.6 is 11.3 Å². The summed E-state index contributed by atoms with van der Waals surface area (Å²) in [6.07, 6.45) is 1.13. The Balaban J connectivity index is 1.51. The topological polar surface area (TPSA) is 67.2 Å². The van der Waals surface area contributed by atoms with Gasteiger partial charge in [0.25, 0.3) is 5.91 Å². The van der Waals surface area contributed by atoms with Gasteiger partial charge in [-0.1, -0.05) is 30.3 Å². The molecule has 1 amide bonds. The van der Waals surface area contributed by atoms with Crippen LogP contribution in [0.3, 0.4) is 0 Å². The fourth-order valence-corrected chi connectivity index (χ4v) is 3.86. The van der Waals surface area contributed by atoms with Crippen molar-refractivity contribution in [1.29, 1.82) is 0 Å². The van der Waals surface area contributed by atoms with Crippen LogP contribution in [0.1, 0.15) is 21.5 Å². The number of carbonyl (C=O) groups is 1. The van der Waals surface area contributed by atoms with Crippen LogP contribution < -0.4 is 5.32 Å². The Kier molecular flexibility index (Phi) is 3.99. The number of aromatic nitrogens is 2. The first kappa shape index (κ1) is 15.8. The lowest BCUT2D eigenvalue weighted by atomic mass is 10.1. The molecule has 2 aromatic carbocycles. The highest BCUT2D eigenvalue weighted by Crippen LogP contribution is 2.26. The number of aliphatic hydroxyl groups is 1. The number of thiazole rings is 1. The largest absolute Gasteiger partial charge is 0.386 e. The predicted molar refractivity (Wildman–Crippen MR) is 99.8 cm³/mol. The van der Waals surface area contributed by atoms with E-state index in [2.05, 4.69) is 10.3 Å². The Hall–Kier alpha value is -2.70. The molecule has 0 saturated carbocycles. The summed E-state index contributed by atoms with van der Waals surface area (Å²) < 4.78 is 2.95. The highest BCUT2D eigenvalue weighted by molar-refractivity contribution is 7.20. The third-order valence-electron chi connectivity index (χ3n) is 4.23. The fraction of sp³-hybridized carbons (Fsp3) is 0.158. The van der Waals surface area contributed by atoms with Crippen LogP contribution in [0.15, 0.2) is 54.7 Å². The number of aryl methyl sites for hydroxylation is 1. The van der Waals surface area contributed by atoms with Crippen LogP contribution in [0.25, 0.3) is 21.1 Å². The van der Waals surface area contributed by atoms with Gasteiger partial charge < -0.3 is 15.0 Å². The lowest BCUT2D eigenvalue weighted by molar-refractivity contribution is 0.0917. The zero-order valence-corrected chi connectivity index (χ0v) is 14.5. The van der Waals surface area contributed by atoms with Crippen LogP contribution in [0.4, 0.5) is 0 Å². The number of nitrogens with zero attached hydrogens (tertiary/aromatic N) is 2. The van der Waals surface area contributed by atoms with Crippen molar-refractivity contribution in [2.24, 2.45) is 7.05 Å². The zero-order valence-electron chi connectivity index (χ0n) is 13.6. The maximum Gasteiger partial charge on any atom is 0.280 e. The minimum atomic E-state index is -0.774. The highest BCUT2D eigenvalue weighted by atomic mass is 32.1. The van der Waals surface area contributed by atoms with Gasteiger partial charge in [-0.2, -0.15) is 0 Å². The van der Waals surface area contributed by atoms with Gasteiger partial charge in [0.2, 0.25) is 0 Å². The second-order valence-electron chi connectivity index (χ2n) is 5.93. The number of aliphatic hydroxyl groups excluding tert-OH is 1. The molecule has 0 fully saturated rings. The quantitative estimate of drug-likeness (QED) is 0.593. The number of carbonyl (C=O) groups excluding carboxylic acids is 1. The van der Waals surface area contributed by atoms with Crippen LogP contribution in [0.5, 0.6) is 0 Å². The molecule has 0 aliphatic rings. The van der Waals surface area contributed by atoms with E-state index in [-0.39, 0.29) is 12.5 Å². The van der Waals surface area contributed by atoms with Gasteiger partial charge >= 0.3 is 0 Å². The molecular weight excluding hydrogens is 334 g/mol. The summed E-state index contributed by atoms with van der Waals surface area (Å²) in [5.74, 6) is -0.263. The summed E-state index contributed by atoms with van der Waals surface area (Å²) in [4.78, 5) is 16.7. The molecule has 4 rings (SSSR count). The van der Waals surface area contributed by atoms with E-state index in [0.717, 1.165) is 26.7 Å². The summed E-state index contributed by atoms with van der Waals surface area (Å²) in [5, 5.41) is 14.7. The molecule has 5 nitrogen and oxygen atoms in total. The summed E-state index contributed by atoms with van der Waals surface area (Å²) in [6.45, 7) is 0.142. The predicted octanol–water partition coefficient (Wildman–Crippen LogP) is 3.25. The molecule has 0 aliphatic carbocycles. The summed E-state index contributed by atoms with van der Waals surface area (Å²) >= 11 is 1.35. The molecule has 6 heteroatoms. The first-order chi connectivity index (χ1) is 12.1. The molecule has 1 atom stereocenters. The monoisotopic (exact) mass is 351 g/mol. The van der Waals surface area contributed by atoms with Crippen molar-refractivity contribution in [2.45, 2.75) is 6.10 Å². The SMILES string of the molecule is Cn1cc([C@H](O)CNC(=O)c2nc3ccccc3s2)c2ccccc21. The maximum absolute atomic E-state index is 12.3.